The number of hydrogen-bond donors (Lipinski definition) is 0. The van der Waals surface area contributed by atoms with Crippen LogP contribution >= 0.6 is 34.8 Å². The van der Waals surface area contributed by atoms with Crippen LogP contribution in [0.25, 0.3) is 0 Å². The molecule has 0 radical (unpaired) electrons. The van der Waals surface area contributed by atoms with Gasteiger partial charge in [-0.05, 0) is 41.5 Å². The number of hydrogen-bond acceptors (Lipinski definition) is 2. The third kappa shape index (κ3) is 3.45. The molecular weight excluding hydrogens is 387 g/mol. The van der Waals surface area contributed by atoms with E-state index in [0.29, 0.717) is 15.1 Å². The van der Waals surface area contributed by atoms with E-state index in [-0.39, 0.29) is 6.04 Å². The molecule has 4 rings (SSSR count). The van der Waals surface area contributed by atoms with Gasteiger partial charge in [0.15, 0.2) is 0 Å². The minimum Gasteiger partial charge on any atom is -0.257 e. The molecule has 130 valence electrons. The topological polar surface area (TPSA) is 15.6 Å². The van der Waals surface area contributed by atoms with Gasteiger partial charge in [-0.2, -0.15) is 5.10 Å². The summed E-state index contributed by atoms with van der Waals surface area (Å²) in [5, 5.41) is 8.68. The first kappa shape index (κ1) is 17.4. The first-order valence-electron chi connectivity index (χ1n) is 8.24. The van der Waals surface area contributed by atoms with Crippen molar-refractivity contribution in [1.29, 1.82) is 0 Å². The number of rotatable bonds is 3. The van der Waals surface area contributed by atoms with Gasteiger partial charge < -0.3 is 0 Å². The average Bonchev–Trinajstić information content (AvgIpc) is 3.11. The predicted molar refractivity (Wildman–Crippen MR) is 111 cm³/mol. The van der Waals surface area contributed by atoms with Crippen LogP contribution in [0.4, 0.5) is 5.69 Å². The average molecular weight is 402 g/mol. The first-order valence-corrected chi connectivity index (χ1v) is 9.38. The van der Waals surface area contributed by atoms with Crippen molar-refractivity contribution in [1.82, 2.24) is 0 Å². The Balaban J connectivity index is 1.76. The molecule has 0 aromatic heterocycles. The molecule has 1 aliphatic rings. The molecule has 2 nitrogen and oxygen atoms in total. The Labute approximate surface area is 167 Å². The largest absolute Gasteiger partial charge is 0.257 e. The summed E-state index contributed by atoms with van der Waals surface area (Å²) in [6.07, 6.45) is 0.798. The summed E-state index contributed by atoms with van der Waals surface area (Å²) in [6.45, 7) is 0. The molecule has 1 aliphatic heterocycles. The van der Waals surface area contributed by atoms with Crippen LogP contribution in [0, 0.1) is 0 Å². The molecule has 0 saturated heterocycles. The van der Waals surface area contributed by atoms with E-state index >= 15 is 0 Å². The van der Waals surface area contributed by atoms with Gasteiger partial charge in [0.1, 0.15) is 0 Å². The maximum absolute atomic E-state index is 6.24. The molecule has 1 atom stereocenters. The Hall–Kier alpha value is -2.00. The van der Waals surface area contributed by atoms with Crippen molar-refractivity contribution in [2.75, 3.05) is 5.01 Å². The lowest BCUT2D eigenvalue weighted by Gasteiger charge is -2.24. The highest BCUT2D eigenvalue weighted by molar-refractivity contribution is 6.42. The van der Waals surface area contributed by atoms with E-state index in [1.54, 1.807) is 6.07 Å². The van der Waals surface area contributed by atoms with Crippen molar-refractivity contribution >= 4 is 46.2 Å². The fourth-order valence-corrected chi connectivity index (χ4v) is 3.55. The molecule has 26 heavy (non-hydrogen) atoms. The molecule has 3 aromatic rings. The van der Waals surface area contributed by atoms with Crippen LogP contribution < -0.4 is 5.01 Å². The number of hydrazone groups is 1. The second-order valence-electron chi connectivity index (χ2n) is 6.13. The maximum Gasteiger partial charge on any atom is 0.0831 e. The molecule has 0 bridgehead atoms. The van der Waals surface area contributed by atoms with E-state index in [4.69, 9.17) is 39.9 Å². The van der Waals surface area contributed by atoms with Crippen molar-refractivity contribution in [3.05, 3.63) is 99.0 Å². The number of nitrogens with zero attached hydrogens (tertiary/aromatic N) is 2. The van der Waals surface area contributed by atoms with Gasteiger partial charge in [0.05, 0.1) is 27.5 Å². The van der Waals surface area contributed by atoms with Crippen LogP contribution in [0.3, 0.4) is 0 Å². The third-order valence-corrected chi connectivity index (χ3v) is 5.43. The molecule has 0 fully saturated rings. The van der Waals surface area contributed by atoms with E-state index in [1.807, 2.05) is 59.6 Å². The van der Waals surface area contributed by atoms with Crippen LogP contribution in [0.2, 0.25) is 15.1 Å². The minimum atomic E-state index is 0.0964. The van der Waals surface area contributed by atoms with E-state index in [2.05, 4.69) is 12.1 Å². The maximum atomic E-state index is 6.24. The molecule has 0 N–H and O–H groups in total. The molecule has 1 unspecified atom stereocenters. The Morgan fingerprint density at radius 1 is 0.808 bits per heavy atom. The summed E-state index contributed by atoms with van der Waals surface area (Å²) in [4.78, 5) is 0. The number of anilines is 1. The van der Waals surface area contributed by atoms with Gasteiger partial charge in [0.25, 0.3) is 0 Å². The highest BCUT2D eigenvalue weighted by Gasteiger charge is 2.30. The van der Waals surface area contributed by atoms with Crippen LogP contribution in [0.5, 0.6) is 0 Å². The third-order valence-electron chi connectivity index (χ3n) is 4.44. The zero-order valence-corrected chi connectivity index (χ0v) is 16.0. The van der Waals surface area contributed by atoms with Crippen molar-refractivity contribution in [2.45, 2.75) is 12.5 Å². The van der Waals surface area contributed by atoms with Crippen LogP contribution in [-0.2, 0) is 0 Å². The van der Waals surface area contributed by atoms with Crippen molar-refractivity contribution in [3.63, 3.8) is 0 Å². The monoisotopic (exact) mass is 400 g/mol. The molecule has 0 spiro atoms. The second kappa shape index (κ2) is 7.32. The van der Waals surface area contributed by atoms with Crippen molar-refractivity contribution in [3.8, 4) is 0 Å². The lowest BCUT2D eigenvalue weighted by Crippen LogP contribution is -2.18. The van der Waals surface area contributed by atoms with Crippen molar-refractivity contribution < 1.29 is 0 Å². The fraction of sp³-hybridized carbons (Fsp3) is 0.0952. The first-order chi connectivity index (χ1) is 12.6. The standard InChI is InChI=1S/C21H15Cl3N2/c22-16-8-6-14(7-9-16)20-13-21(15-4-2-1-3-5-15)26(25-20)17-10-11-18(23)19(24)12-17/h1-12,21H,13H2. The molecule has 0 amide bonds. The summed E-state index contributed by atoms with van der Waals surface area (Å²) in [7, 11) is 0. The van der Waals surface area contributed by atoms with E-state index in [0.717, 1.165) is 23.4 Å². The normalized spacial score (nSPS) is 16.7. The van der Waals surface area contributed by atoms with Crippen LogP contribution in [0.1, 0.15) is 23.6 Å². The van der Waals surface area contributed by atoms with Gasteiger partial charge >= 0.3 is 0 Å². The quantitative estimate of drug-likeness (QED) is 0.461. The fourth-order valence-electron chi connectivity index (χ4n) is 3.13. The smallest absolute Gasteiger partial charge is 0.0831 e. The van der Waals surface area contributed by atoms with Crippen LogP contribution in [0.15, 0.2) is 77.9 Å². The molecule has 1 heterocycles. The lowest BCUT2D eigenvalue weighted by molar-refractivity contribution is 0.709. The molecule has 3 aromatic carbocycles. The second-order valence-corrected chi connectivity index (χ2v) is 7.38. The Morgan fingerprint density at radius 2 is 1.54 bits per heavy atom. The molecule has 5 heteroatoms. The highest BCUT2D eigenvalue weighted by atomic mass is 35.5. The van der Waals surface area contributed by atoms with Gasteiger partial charge in [-0.15, -0.1) is 0 Å². The van der Waals surface area contributed by atoms with E-state index in [1.165, 1.54) is 5.56 Å². The van der Waals surface area contributed by atoms with Gasteiger partial charge in [-0.3, -0.25) is 5.01 Å². The summed E-state index contributed by atoms with van der Waals surface area (Å²) in [5.41, 5.74) is 4.20. The molecular formula is C21H15Cl3N2. The zero-order chi connectivity index (χ0) is 18.1. The summed E-state index contributed by atoms with van der Waals surface area (Å²) < 4.78 is 0. The van der Waals surface area contributed by atoms with E-state index in [9.17, 15) is 0 Å². The zero-order valence-electron chi connectivity index (χ0n) is 13.7. The molecule has 0 aliphatic carbocycles. The Morgan fingerprint density at radius 3 is 2.23 bits per heavy atom. The number of halogens is 3. The van der Waals surface area contributed by atoms with Crippen LogP contribution in [-0.4, -0.2) is 5.71 Å². The summed E-state index contributed by atoms with van der Waals surface area (Å²) >= 11 is 18.3. The van der Waals surface area contributed by atoms with E-state index < -0.39 is 0 Å². The Kier molecular flexibility index (Phi) is 4.90. The van der Waals surface area contributed by atoms with Gasteiger partial charge in [0, 0.05) is 11.4 Å². The van der Waals surface area contributed by atoms with Gasteiger partial charge in [-0.25, -0.2) is 0 Å². The Bertz CT molecular complexity index is 953. The highest BCUT2D eigenvalue weighted by Crippen LogP contribution is 2.38. The lowest BCUT2D eigenvalue weighted by atomic mass is 9.98. The summed E-state index contributed by atoms with van der Waals surface area (Å²) in [5.74, 6) is 0. The predicted octanol–water partition coefficient (Wildman–Crippen LogP) is 7.00. The summed E-state index contributed by atoms with van der Waals surface area (Å²) in [6, 6.07) is 23.8. The minimum absolute atomic E-state index is 0.0964. The molecule has 0 saturated carbocycles. The van der Waals surface area contributed by atoms with Gasteiger partial charge in [0.2, 0.25) is 0 Å². The van der Waals surface area contributed by atoms with Crippen molar-refractivity contribution in [2.24, 2.45) is 5.10 Å². The SMILES string of the molecule is Clc1ccc(C2=NN(c3ccc(Cl)c(Cl)c3)C(c3ccccc3)C2)cc1. The van der Waals surface area contributed by atoms with Gasteiger partial charge in [-0.1, -0.05) is 77.3 Å². The number of benzene rings is 3.